The average Bonchev–Trinajstić information content (AvgIpc) is 3.12. The average molecular weight is 378 g/mol. The number of thioether (sulfide) groups is 1. The highest BCUT2D eigenvalue weighted by atomic mass is 32.2. The van der Waals surface area contributed by atoms with E-state index in [4.69, 9.17) is 4.42 Å². The van der Waals surface area contributed by atoms with Gasteiger partial charge in [0.05, 0.1) is 5.69 Å². The van der Waals surface area contributed by atoms with Crippen molar-refractivity contribution < 1.29 is 4.42 Å². The molecule has 2 aromatic carbocycles. The van der Waals surface area contributed by atoms with Gasteiger partial charge in [0.15, 0.2) is 0 Å². The highest BCUT2D eigenvalue weighted by Gasteiger charge is 2.13. The van der Waals surface area contributed by atoms with Gasteiger partial charge >= 0.3 is 5.63 Å². The largest absolute Gasteiger partial charge is 0.422 e. The van der Waals surface area contributed by atoms with E-state index < -0.39 is 0 Å². The molecule has 2 heterocycles. The van der Waals surface area contributed by atoms with Crippen molar-refractivity contribution in [1.29, 1.82) is 0 Å². The maximum atomic E-state index is 12.0. The minimum Gasteiger partial charge on any atom is -0.422 e. The molecule has 136 valence electrons. The van der Waals surface area contributed by atoms with E-state index in [0.717, 1.165) is 27.8 Å². The minimum atomic E-state index is -0.343. The van der Waals surface area contributed by atoms with Crippen LogP contribution in [0.15, 0.2) is 56.8 Å². The van der Waals surface area contributed by atoms with E-state index in [1.807, 2.05) is 57.2 Å². The molecule has 0 bridgehead atoms. The monoisotopic (exact) mass is 378 g/mol. The smallest absolute Gasteiger partial charge is 0.336 e. The van der Waals surface area contributed by atoms with Crippen LogP contribution in [0.4, 0.5) is 0 Å². The van der Waals surface area contributed by atoms with Gasteiger partial charge in [0.2, 0.25) is 5.16 Å². The van der Waals surface area contributed by atoms with E-state index in [-0.39, 0.29) is 5.63 Å². The number of hydrogen-bond acceptors (Lipinski definition) is 6. The zero-order valence-electron chi connectivity index (χ0n) is 15.3. The predicted molar refractivity (Wildman–Crippen MR) is 105 cm³/mol. The minimum absolute atomic E-state index is 0.343. The molecule has 0 aliphatic carbocycles. The number of aromatic nitrogens is 4. The number of benzene rings is 2. The lowest BCUT2D eigenvalue weighted by Gasteiger charge is -2.09. The SMILES string of the molecule is Cc1ccc(-n2nnnc2SCc2cc(=O)oc3c(C)c(C)ccc23)cc1. The summed E-state index contributed by atoms with van der Waals surface area (Å²) in [6, 6.07) is 13.6. The second kappa shape index (κ2) is 7.00. The summed E-state index contributed by atoms with van der Waals surface area (Å²) in [6.07, 6.45) is 0. The molecule has 0 saturated heterocycles. The summed E-state index contributed by atoms with van der Waals surface area (Å²) in [5.41, 5.74) is 5.37. The first kappa shape index (κ1) is 17.5. The lowest BCUT2D eigenvalue weighted by molar-refractivity contribution is 0.557. The molecule has 0 aliphatic heterocycles. The van der Waals surface area contributed by atoms with Crippen LogP contribution in [0.1, 0.15) is 22.3 Å². The van der Waals surface area contributed by atoms with Gasteiger partial charge in [-0.3, -0.25) is 0 Å². The Morgan fingerprint density at radius 2 is 1.85 bits per heavy atom. The Morgan fingerprint density at radius 1 is 1.07 bits per heavy atom. The van der Waals surface area contributed by atoms with Crippen LogP contribution in [0.5, 0.6) is 0 Å². The highest BCUT2D eigenvalue weighted by molar-refractivity contribution is 7.98. The second-order valence-electron chi connectivity index (χ2n) is 6.47. The van der Waals surface area contributed by atoms with E-state index >= 15 is 0 Å². The molecule has 0 radical (unpaired) electrons. The lowest BCUT2D eigenvalue weighted by atomic mass is 10.0. The molecule has 7 heteroatoms. The quantitative estimate of drug-likeness (QED) is 0.395. The molecule has 0 amide bonds. The van der Waals surface area contributed by atoms with E-state index in [9.17, 15) is 4.79 Å². The van der Waals surface area contributed by atoms with Gasteiger partial charge in [0, 0.05) is 17.2 Å². The molecule has 0 spiro atoms. The van der Waals surface area contributed by atoms with Gasteiger partial charge in [-0.1, -0.05) is 41.6 Å². The third kappa shape index (κ3) is 3.38. The van der Waals surface area contributed by atoms with E-state index in [0.29, 0.717) is 16.5 Å². The summed E-state index contributed by atoms with van der Waals surface area (Å²) < 4.78 is 7.15. The Kier molecular flexibility index (Phi) is 4.53. The number of aryl methyl sites for hydroxylation is 3. The van der Waals surface area contributed by atoms with Crippen LogP contribution >= 0.6 is 11.8 Å². The second-order valence-corrected chi connectivity index (χ2v) is 7.41. The molecular weight excluding hydrogens is 360 g/mol. The summed E-state index contributed by atoms with van der Waals surface area (Å²) in [4.78, 5) is 12.0. The Labute approximate surface area is 160 Å². The van der Waals surface area contributed by atoms with Crippen molar-refractivity contribution in [3.8, 4) is 5.69 Å². The fraction of sp³-hybridized carbons (Fsp3) is 0.200. The highest BCUT2D eigenvalue weighted by Crippen LogP contribution is 2.28. The molecule has 27 heavy (non-hydrogen) atoms. The predicted octanol–water partition coefficient (Wildman–Crippen LogP) is 3.99. The van der Waals surface area contributed by atoms with E-state index in [1.165, 1.54) is 17.3 Å². The van der Waals surface area contributed by atoms with Crippen LogP contribution in [0.3, 0.4) is 0 Å². The van der Waals surface area contributed by atoms with Crippen LogP contribution in [-0.4, -0.2) is 20.2 Å². The van der Waals surface area contributed by atoms with Crippen LogP contribution in [0.25, 0.3) is 16.7 Å². The number of tetrazole rings is 1. The Morgan fingerprint density at radius 3 is 2.63 bits per heavy atom. The lowest BCUT2D eigenvalue weighted by Crippen LogP contribution is -2.02. The van der Waals surface area contributed by atoms with E-state index in [2.05, 4.69) is 15.5 Å². The standard InChI is InChI=1S/C20H18N4O2S/c1-12-4-7-16(8-5-12)24-20(21-22-23-24)27-11-15-10-18(25)26-19-14(3)13(2)6-9-17(15)19/h4-10H,11H2,1-3H3. The van der Waals surface area contributed by atoms with Crippen molar-refractivity contribution in [3.63, 3.8) is 0 Å². The van der Waals surface area contributed by atoms with Crippen molar-refractivity contribution in [2.45, 2.75) is 31.7 Å². The number of nitrogens with zero attached hydrogens (tertiary/aromatic N) is 4. The first-order chi connectivity index (χ1) is 13.0. The molecule has 0 fully saturated rings. The molecule has 2 aromatic heterocycles. The summed E-state index contributed by atoms with van der Waals surface area (Å²) in [6.45, 7) is 6.01. The van der Waals surface area contributed by atoms with Crippen LogP contribution in [0.2, 0.25) is 0 Å². The van der Waals surface area contributed by atoms with E-state index in [1.54, 1.807) is 10.7 Å². The molecule has 6 nitrogen and oxygen atoms in total. The van der Waals surface area contributed by atoms with Crippen molar-refractivity contribution in [2.24, 2.45) is 0 Å². The van der Waals surface area contributed by atoms with Gasteiger partial charge in [-0.15, -0.1) is 5.10 Å². The van der Waals surface area contributed by atoms with Crippen molar-refractivity contribution in [2.75, 3.05) is 0 Å². The first-order valence-electron chi connectivity index (χ1n) is 8.54. The maximum absolute atomic E-state index is 12.0. The van der Waals surface area contributed by atoms with Crippen molar-refractivity contribution in [1.82, 2.24) is 20.2 Å². The number of hydrogen-bond donors (Lipinski definition) is 0. The fourth-order valence-corrected chi connectivity index (χ4v) is 3.79. The third-order valence-electron chi connectivity index (χ3n) is 4.59. The first-order valence-corrected chi connectivity index (χ1v) is 9.52. The molecule has 0 N–H and O–H groups in total. The topological polar surface area (TPSA) is 73.8 Å². The Hall–Kier alpha value is -2.93. The normalized spacial score (nSPS) is 11.2. The van der Waals surface area contributed by atoms with Gasteiger partial charge in [-0.2, -0.15) is 4.68 Å². The molecular formula is C20H18N4O2S. The molecule has 0 atom stereocenters. The summed E-state index contributed by atoms with van der Waals surface area (Å²) in [5, 5.41) is 13.6. The van der Waals surface area contributed by atoms with Crippen molar-refractivity contribution in [3.05, 3.63) is 75.1 Å². The Balaban J connectivity index is 1.67. The summed E-state index contributed by atoms with van der Waals surface area (Å²) >= 11 is 1.49. The molecule has 0 unspecified atom stereocenters. The van der Waals surface area contributed by atoms with Crippen molar-refractivity contribution >= 4 is 22.7 Å². The zero-order chi connectivity index (χ0) is 19.0. The number of fused-ring (bicyclic) bond motifs is 1. The third-order valence-corrected chi connectivity index (χ3v) is 5.56. The molecule has 4 aromatic rings. The molecule has 0 saturated carbocycles. The fourth-order valence-electron chi connectivity index (χ4n) is 2.90. The van der Waals surface area contributed by atoms with Gasteiger partial charge in [0.25, 0.3) is 0 Å². The maximum Gasteiger partial charge on any atom is 0.336 e. The van der Waals surface area contributed by atoms with Gasteiger partial charge in [-0.05, 0) is 60.0 Å². The zero-order valence-corrected chi connectivity index (χ0v) is 16.1. The van der Waals surface area contributed by atoms with Crippen LogP contribution in [0, 0.1) is 20.8 Å². The van der Waals surface area contributed by atoms with Gasteiger partial charge < -0.3 is 4.42 Å². The number of rotatable bonds is 4. The summed E-state index contributed by atoms with van der Waals surface area (Å²) in [5.74, 6) is 0.566. The van der Waals surface area contributed by atoms with Crippen LogP contribution < -0.4 is 5.63 Å². The van der Waals surface area contributed by atoms with Crippen LogP contribution in [-0.2, 0) is 5.75 Å². The van der Waals surface area contributed by atoms with Gasteiger partial charge in [-0.25, -0.2) is 4.79 Å². The molecule has 0 aliphatic rings. The summed E-state index contributed by atoms with van der Waals surface area (Å²) in [7, 11) is 0. The Bertz CT molecular complexity index is 1180. The van der Waals surface area contributed by atoms with Gasteiger partial charge in [0.1, 0.15) is 5.58 Å². The molecule has 4 rings (SSSR count).